The Hall–Kier alpha value is -5.12. The summed E-state index contributed by atoms with van der Waals surface area (Å²) in [5.74, 6) is -0.963. The summed E-state index contributed by atoms with van der Waals surface area (Å²) in [7, 11) is 0. The van der Waals surface area contributed by atoms with Gasteiger partial charge < -0.3 is 26.8 Å². The second-order valence-electron chi connectivity index (χ2n) is 10.8. The van der Waals surface area contributed by atoms with Crippen LogP contribution in [0, 0.1) is 0 Å². The molecule has 40 heavy (non-hydrogen) atoms. The van der Waals surface area contributed by atoms with Gasteiger partial charge in [-0.3, -0.25) is 9.59 Å². The van der Waals surface area contributed by atoms with Crippen molar-refractivity contribution >= 4 is 40.2 Å². The van der Waals surface area contributed by atoms with Gasteiger partial charge in [0.05, 0.1) is 17.6 Å². The van der Waals surface area contributed by atoms with Crippen LogP contribution in [0.2, 0.25) is 0 Å². The van der Waals surface area contributed by atoms with Crippen molar-refractivity contribution in [1.29, 1.82) is 0 Å². The van der Waals surface area contributed by atoms with E-state index in [1.54, 1.807) is 45.0 Å². The average molecular weight is 539 g/mol. The molecule has 0 aliphatic carbocycles. The van der Waals surface area contributed by atoms with Crippen LogP contribution in [-0.2, 0) is 16.1 Å². The first kappa shape index (κ1) is 26.5. The molecule has 0 spiro atoms. The third-order valence-corrected chi connectivity index (χ3v) is 6.64. The summed E-state index contributed by atoms with van der Waals surface area (Å²) in [6.45, 7) is 9.29. The van der Waals surface area contributed by atoms with Crippen molar-refractivity contribution in [3.05, 3.63) is 77.9 Å². The largest absolute Gasteiger partial charge is 0.442 e. The van der Waals surface area contributed by atoms with Crippen molar-refractivity contribution in [2.75, 3.05) is 18.0 Å². The number of rotatable bonds is 5. The number of amides is 2. The number of anilines is 2. The van der Waals surface area contributed by atoms with Crippen LogP contribution < -0.4 is 17.2 Å². The van der Waals surface area contributed by atoms with E-state index in [1.807, 2.05) is 30.3 Å². The van der Waals surface area contributed by atoms with E-state index >= 15 is 0 Å². The molecule has 6 N–H and O–H groups in total. The summed E-state index contributed by atoms with van der Waals surface area (Å²) < 4.78 is 6.85. The molecule has 0 atom stereocenters. The van der Waals surface area contributed by atoms with E-state index in [0.717, 1.165) is 22.3 Å². The third kappa shape index (κ3) is 4.75. The first-order valence-corrected chi connectivity index (χ1v) is 12.6. The van der Waals surface area contributed by atoms with Crippen LogP contribution >= 0.6 is 0 Å². The number of carbonyl (C=O) groups is 3. The fraction of sp³-hybridized carbons (Fsp3) is 0.200. The normalized spacial score (nSPS) is 13.0. The molecular formula is C30H30N6O4. The molecule has 1 aromatic heterocycles. The van der Waals surface area contributed by atoms with E-state index in [9.17, 15) is 14.4 Å². The van der Waals surface area contributed by atoms with Gasteiger partial charge in [-0.2, -0.15) is 9.78 Å². The molecule has 5 rings (SSSR count). The van der Waals surface area contributed by atoms with Gasteiger partial charge in [0.15, 0.2) is 0 Å². The van der Waals surface area contributed by atoms with E-state index in [4.69, 9.17) is 21.9 Å². The zero-order valence-electron chi connectivity index (χ0n) is 22.5. The summed E-state index contributed by atoms with van der Waals surface area (Å²) in [5.41, 5.74) is 22.5. The lowest BCUT2D eigenvalue weighted by atomic mass is 9.94. The molecule has 2 amide bonds. The number of ether oxygens (including phenoxy) is 1. The second-order valence-corrected chi connectivity index (χ2v) is 10.8. The van der Waals surface area contributed by atoms with Gasteiger partial charge in [-0.1, -0.05) is 30.8 Å². The van der Waals surface area contributed by atoms with Gasteiger partial charge in [-0.15, -0.1) is 0 Å². The first-order chi connectivity index (χ1) is 18.8. The highest BCUT2D eigenvalue weighted by Gasteiger charge is 2.33. The van der Waals surface area contributed by atoms with Crippen LogP contribution in [0.25, 0.3) is 33.3 Å². The Morgan fingerprint density at radius 1 is 1.05 bits per heavy atom. The van der Waals surface area contributed by atoms with Crippen LogP contribution in [0.5, 0.6) is 0 Å². The number of aromatic nitrogens is 2. The van der Waals surface area contributed by atoms with Crippen molar-refractivity contribution in [2.45, 2.75) is 32.9 Å². The number of carbonyl (C=O) groups excluding carboxylic acids is 3. The minimum atomic E-state index is -0.713. The van der Waals surface area contributed by atoms with Crippen molar-refractivity contribution in [2.24, 2.45) is 5.73 Å². The summed E-state index contributed by atoms with van der Waals surface area (Å²) in [6.07, 6.45) is -0.607. The van der Waals surface area contributed by atoms with Crippen LogP contribution in [-0.4, -0.2) is 44.7 Å². The molecule has 0 bridgehead atoms. The van der Waals surface area contributed by atoms with Crippen molar-refractivity contribution in [3.63, 3.8) is 0 Å². The van der Waals surface area contributed by atoms with E-state index in [-0.39, 0.29) is 24.6 Å². The van der Waals surface area contributed by atoms with E-state index < -0.39 is 17.6 Å². The maximum atomic E-state index is 13.2. The number of hydrogen-bond donors (Lipinski definition) is 3. The fourth-order valence-corrected chi connectivity index (χ4v) is 4.84. The quantitative estimate of drug-likeness (QED) is 0.252. The highest BCUT2D eigenvalue weighted by molar-refractivity contribution is 6.07. The molecule has 0 unspecified atom stereocenters. The molecule has 10 heteroatoms. The second kappa shape index (κ2) is 9.57. The predicted molar refractivity (Wildman–Crippen MR) is 154 cm³/mol. The predicted octanol–water partition coefficient (Wildman–Crippen LogP) is 4.32. The van der Waals surface area contributed by atoms with Crippen LogP contribution in [0.1, 0.15) is 36.7 Å². The molecule has 0 saturated carbocycles. The molecular weight excluding hydrogens is 508 g/mol. The zero-order chi connectivity index (χ0) is 28.9. The minimum Gasteiger partial charge on any atom is -0.442 e. The van der Waals surface area contributed by atoms with Gasteiger partial charge in [0.1, 0.15) is 11.3 Å². The highest BCUT2D eigenvalue weighted by atomic mass is 16.6. The smallest absolute Gasteiger partial charge is 0.435 e. The Kier molecular flexibility index (Phi) is 6.33. The SMILES string of the molecule is C=C(CN1Cc2c(-c3ccc4c(c3)c(-c3cccc(N)c3)nn4C(=O)OC(C)(C)C)ccc(N)c2C1=O)C(N)=O. The Morgan fingerprint density at radius 3 is 2.48 bits per heavy atom. The minimum absolute atomic E-state index is 0.00297. The van der Waals surface area contributed by atoms with Gasteiger partial charge in [0, 0.05) is 34.4 Å². The lowest BCUT2D eigenvalue weighted by molar-refractivity contribution is -0.114. The maximum Gasteiger partial charge on any atom is 0.435 e. The monoisotopic (exact) mass is 538 g/mol. The van der Waals surface area contributed by atoms with Gasteiger partial charge in [-0.05, 0) is 67.8 Å². The lowest BCUT2D eigenvalue weighted by Crippen LogP contribution is -2.30. The summed E-state index contributed by atoms with van der Waals surface area (Å²) in [4.78, 5) is 39.4. The number of benzene rings is 3. The Balaban J connectivity index is 1.66. The molecule has 10 nitrogen and oxygen atoms in total. The summed E-state index contributed by atoms with van der Waals surface area (Å²) in [6, 6.07) is 16.4. The fourth-order valence-electron chi connectivity index (χ4n) is 4.84. The number of nitrogens with two attached hydrogens (primary N) is 3. The number of fused-ring (bicyclic) bond motifs is 2. The van der Waals surface area contributed by atoms with Crippen molar-refractivity contribution < 1.29 is 19.1 Å². The van der Waals surface area contributed by atoms with E-state index in [2.05, 4.69) is 11.7 Å². The molecule has 1 aliphatic rings. The lowest BCUT2D eigenvalue weighted by Gasteiger charge is -2.19. The van der Waals surface area contributed by atoms with Gasteiger partial charge in [0.2, 0.25) is 5.91 Å². The Morgan fingerprint density at radius 2 is 1.80 bits per heavy atom. The molecule has 4 aromatic rings. The highest BCUT2D eigenvalue weighted by Crippen LogP contribution is 2.39. The standard InChI is InChI=1S/C30H30N6O4/c1-16(27(33)37)14-35-15-22-20(9-10-23(32)25(22)28(35)38)17-8-11-24-21(13-17)26(18-6-5-7-19(31)12-18)34-36(24)29(39)40-30(2,3)4/h5-13H,1,14-15,31-32H2,2-4H3,(H2,33,37). The van der Waals surface area contributed by atoms with Crippen LogP contribution in [0.15, 0.2) is 66.7 Å². The Bertz CT molecular complexity index is 1730. The van der Waals surface area contributed by atoms with E-state index in [1.165, 1.54) is 9.58 Å². The Labute approximate surface area is 231 Å². The molecule has 204 valence electrons. The van der Waals surface area contributed by atoms with Crippen LogP contribution in [0.4, 0.5) is 16.2 Å². The summed E-state index contributed by atoms with van der Waals surface area (Å²) in [5, 5.41) is 5.33. The molecule has 1 aliphatic heterocycles. The number of nitrogens with zero attached hydrogens (tertiary/aromatic N) is 3. The third-order valence-electron chi connectivity index (χ3n) is 6.64. The average Bonchev–Trinajstić information content (AvgIpc) is 3.41. The molecule has 0 fully saturated rings. The zero-order valence-corrected chi connectivity index (χ0v) is 22.5. The number of nitrogen functional groups attached to an aromatic ring is 2. The van der Waals surface area contributed by atoms with Crippen molar-refractivity contribution in [3.8, 4) is 22.4 Å². The van der Waals surface area contributed by atoms with Crippen LogP contribution in [0.3, 0.4) is 0 Å². The summed E-state index contributed by atoms with van der Waals surface area (Å²) >= 11 is 0. The molecule has 0 saturated heterocycles. The molecule has 0 radical (unpaired) electrons. The number of hydrogen-bond acceptors (Lipinski definition) is 7. The molecule has 2 heterocycles. The van der Waals surface area contributed by atoms with Gasteiger partial charge in [-0.25, -0.2) is 4.79 Å². The topological polar surface area (TPSA) is 160 Å². The number of primary amides is 1. The van der Waals surface area contributed by atoms with Crippen molar-refractivity contribution in [1.82, 2.24) is 14.7 Å². The first-order valence-electron chi connectivity index (χ1n) is 12.6. The van der Waals surface area contributed by atoms with Gasteiger partial charge >= 0.3 is 6.09 Å². The van der Waals surface area contributed by atoms with E-state index in [0.29, 0.717) is 33.5 Å². The maximum absolute atomic E-state index is 13.2. The molecule has 3 aromatic carbocycles. The van der Waals surface area contributed by atoms with Gasteiger partial charge in [0.25, 0.3) is 5.91 Å².